The van der Waals surface area contributed by atoms with E-state index in [1.165, 1.54) is 0 Å². The molecule has 0 aliphatic rings. The van der Waals surface area contributed by atoms with Crippen LogP contribution in [0.4, 0.5) is 0 Å². The fraction of sp³-hybridized carbons (Fsp3) is 0.120. The lowest BCUT2D eigenvalue weighted by molar-refractivity contribution is 0.103. The molecular weight excluding hydrogens is 376 g/mol. The van der Waals surface area contributed by atoms with Gasteiger partial charge in [-0.2, -0.15) is 0 Å². The van der Waals surface area contributed by atoms with E-state index in [4.69, 9.17) is 14.5 Å². The number of imidazole rings is 1. The number of carbonyl (C=O) groups is 1. The normalized spacial score (nSPS) is 10.6. The number of ether oxygens (including phenoxy) is 2. The van der Waals surface area contributed by atoms with Gasteiger partial charge in [0.15, 0.2) is 0 Å². The zero-order chi connectivity index (χ0) is 21.1. The summed E-state index contributed by atoms with van der Waals surface area (Å²) in [5.41, 5.74) is 3.81. The quantitative estimate of drug-likeness (QED) is 0.424. The summed E-state index contributed by atoms with van der Waals surface area (Å²) in [5, 5.41) is 0. The SMILES string of the molecule is COc1ccc(C(=O)c2cn(-c3ccc(C)cc3)c(-c3ccccc3OC)n2)cc1. The minimum Gasteiger partial charge on any atom is -0.497 e. The van der Waals surface area contributed by atoms with Crippen molar-refractivity contribution in [1.82, 2.24) is 9.55 Å². The highest BCUT2D eigenvalue weighted by Crippen LogP contribution is 2.31. The van der Waals surface area contributed by atoms with Gasteiger partial charge in [-0.3, -0.25) is 9.36 Å². The molecule has 0 saturated carbocycles. The number of para-hydroxylation sites is 1. The molecule has 0 aliphatic heterocycles. The van der Waals surface area contributed by atoms with Crippen molar-refractivity contribution in [2.45, 2.75) is 6.92 Å². The van der Waals surface area contributed by atoms with E-state index in [1.54, 1.807) is 44.7 Å². The van der Waals surface area contributed by atoms with Gasteiger partial charge in [0.05, 0.1) is 19.8 Å². The summed E-state index contributed by atoms with van der Waals surface area (Å²) in [4.78, 5) is 17.8. The summed E-state index contributed by atoms with van der Waals surface area (Å²) >= 11 is 0. The molecule has 0 aliphatic carbocycles. The predicted molar refractivity (Wildman–Crippen MR) is 117 cm³/mol. The van der Waals surface area contributed by atoms with Gasteiger partial charge in [0.1, 0.15) is 23.0 Å². The van der Waals surface area contributed by atoms with Gasteiger partial charge >= 0.3 is 0 Å². The van der Waals surface area contributed by atoms with Crippen LogP contribution in [-0.2, 0) is 0 Å². The maximum Gasteiger partial charge on any atom is 0.212 e. The molecule has 0 radical (unpaired) electrons. The van der Waals surface area contributed by atoms with Crippen LogP contribution in [0.2, 0.25) is 0 Å². The highest BCUT2D eigenvalue weighted by Gasteiger charge is 2.20. The summed E-state index contributed by atoms with van der Waals surface area (Å²) in [7, 11) is 3.22. The number of carbonyl (C=O) groups excluding carboxylic acids is 1. The average Bonchev–Trinajstić information content (AvgIpc) is 3.24. The van der Waals surface area contributed by atoms with E-state index >= 15 is 0 Å². The number of ketones is 1. The first-order chi connectivity index (χ1) is 14.6. The zero-order valence-corrected chi connectivity index (χ0v) is 17.1. The molecule has 1 heterocycles. The lowest BCUT2D eigenvalue weighted by atomic mass is 10.1. The second kappa shape index (κ2) is 8.25. The standard InChI is InChI=1S/C25H22N2O3/c1-17-8-12-19(13-9-17)27-16-22(24(28)18-10-14-20(29-2)15-11-18)26-25(27)21-6-4-5-7-23(21)30-3/h4-16H,1-3H3. The third-order valence-electron chi connectivity index (χ3n) is 4.95. The average molecular weight is 398 g/mol. The number of benzene rings is 3. The summed E-state index contributed by atoms with van der Waals surface area (Å²) in [6.07, 6.45) is 1.78. The van der Waals surface area contributed by atoms with Crippen molar-refractivity contribution in [3.8, 4) is 28.6 Å². The fourth-order valence-corrected chi connectivity index (χ4v) is 3.30. The summed E-state index contributed by atoms with van der Waals surface area (Å²) in [6, 6.07) is 22.8. The van der Waals surface area contributed by atoms with E-state index < -0.39 is 0 Å². The molecule has 0 bridgehead atoms. The van der Waals surface area contributed by atoms with Gasteiger partial charge in [0, 0.05) is 17.4 Å². The van der Waals surface area contributed by atoms with Crippen LogP contribution in [0.1, 0.15) is 21.6 Å². The molecule has 5 heteroatoms. The molecule has 30 heavy (non-hydrogen) atoms. The van der Waals surface area contributed by atoms with Gasteiger partial charge in [-0.1, -0.05) is 29.8 Å². The minimum atomic E-state index is -0.153. The van der Waals surface area contributed by atoms with Crippen molar-refractivity contribution >= 4 is 5.78 Å². The van der Waals surface area contributed by atoms with E-state index in [9.17, 15) is 4.79 Å². The Labute approximate surface area is 175 Å². The molecular formula is C25H22N2O3. The lowest BCUT2D eigenvalue weighted by Crippen LogP contribution is -2.01. The van der Waals surface area contributed by atoms with E-state index in [0.717, 1.165) is 16.8 Å². The third kappa shape index (κ3) is 3.70. The van der Waals surface area contributed by atoms with Crippen LogP contribution in [0.15, 0.2) is 79.0 Å². The molecule has 5 nitrogen and oxygen atoms in total. The Morgan fingerprint density at radius 3 is 2.23 bits per heavy atom. The van der Waals surface area contributed by atoms with Crippen LogP contribution in [0.3, 0.4) is 0 Å². The van der Waals surface area contributed by atoms with Gasteiger partial charge in [-0.15, -0.1) is 0 Å². The Morgan fingerprint density at radius 2 is 1.57 bits per heavy atom. The molecule has 150 valence electrons. The smallest absolute Gasteiger partial charge is 0.212 e. The Morgan fingerprint density at radius 1 is 0.867 bits per heavy atom. The van der Waals surface area contributed by atoms with Crippen molar-refractivity contribution in [1.29, 1.82) is 0 Å². The number of aryl methyl sites for hydroxylation is 1. The van der Waals surface area contributed by atoms with Gasteiger partial charge in [-0.25, -0.2) is 4.98 Å². The van der Waals surface area contributed by atoms with Crippen molar-refractivity contribution in [2.24, 2.45) is 0 Å². The molecule has 0 amide bonds. The van der Waals surface area contributed by atoms with Crippen LogP contribution < -0.4 is 9.47 Å². The molecule has 3 aromatic carbocycles. The van der Waals surface area contributed by atoms with Crippen LogP contribution in [-0.4, -0.2) is 29.6 Å². The number of hydrogen-bond donors (Lipinski definition) is 0. The number of aromatic nitrogens is 2. The molecule has 0 unspecified atom stereocenters. The summed E-state index contributed by atoms with van der Waals surface area (Å²) < 4.78 is 12.6. The maximum absolute atomic E-state index is 13.1. The first-order valence-corrected chi connectivity index (χ1v) is 9.59. The predicted octanol–water partition coefficient (Wildman–Crippen LogP) is 5.10. The van der Waals surface area contributed by atoms with E-state index in [-0.39, 0.29) is 5.78 Å². The van der Waals surface area contributed by atoms with Gasteiger partial charge in [-0.05, 0) is 55.5 Å². The molecule has 0 saturated heterocycles. The topological polar surface area (TPSA) is 53.4 Å². The Bertz CT molecular complexity index is 1180. The van der Waals surface area contributed by atoms with E-state index in [2.05, 4.69) is 0 Å². The molecule has 0 atom stereocenters. The van der Waals surface area contributed by atoms with Gasteiger partial charge < -0.3 is 9.47 Å². The molecule has 0 fully saturated rings. The van der Waals surface area contributed by atoms with Crippen molar-refractivity contribution < 1.29 is 14.3 Å². The van der Waals surface area contributed by atoms with Crippen LogP contribution in [0, 0.1) is 6.92 Å². The number of rotatable bonds is 6. The van der Waals surface area contributed by atoms with Gasteiger partial charge in [0.2, 0.25) is 5.78 Å². The highest BCUT2D eigenvalue weighted by atomic mass is 16.5. The first-order valence-electron chi connectivity index (χ1n) is 9.59. The van der Waals surface area contributed by atoms with Crippen LogP contribution in [0.5, 0.6) is 11.5 Å². The third-order valence-corrected chi connectivity index (χ3v) is 4.95. The molecule has 0 N–H and O–H groups in total. The summed E-state index contributed by atoms with van der Waals surface area (Å²) in [6.45, 7) is 2.04. The first kappa shape index (κ1) is 19.5. The lowest BCUT2D eigenvalue weighted by Gasteiger charge is -2.11. The number of methoxy groups -OCH3 is 2. The summed E-state index contributed by atoms with van der Waals surface area (Å²) in [5.74, 6) is 1.89. The highest BCUT2D eigenvalue weighted by molar-refractivity contribution is 6.08. The Hall–Kier alpha value is -3.86. The zero-order valence-electron chi connectivity index (χ0n) is 17.1. The monoisotopic (exact) mass is 398 g/mol. The maximum atomic E-state index is 13.1. The second-order valence-electron chi connectivity index (χ2n) is 6.91. The van der Waals surface area contributed by atoms with Crippen molar-refractivity contribution in [3.05, 3.63) is 95.8 Å². The van der Waals surface area contributed by atoms with E-state index in [0.29, 0.717) is 28.6 Å². The van der Waals surface area contributed by atoms with Gasteiger partial charge in [0.25, 0.3) is 0 Å². The number of nitrogens with zero attached hydrogens (tertiary/aromatic N) is 2. The van der Waals surface area contributed by atoms with E-state index in [1.807, 2.05) is 60.0 Å². The van der Waals surface area contributed by atoms with Crippen LogP contribution in [0.25, 0.3) is 17.1 Å². The molecule has 1 aromatic heterocycles. The van der Waals surface area contributed by atoms with Crippen molar-refractivity contribution in [3.63, 3.8) is 0 Å². The van der Waals surface area contributed by atoms with Crippen LogP contribution >= 0.6 is 0 Å². The Balaban J connectivity index is 1.85. The minimum absolute atomic E-state index is 0.153. The molecule has 4 rings (SSSR count). The largest absolute Gasteiger partial charge is 0.497 e. The fourth-order valence-electron chi connectivity index (χ4n) is 3.30. The second-order valence-corrected chi connectivity index (χ2v) is 6.91. The molecule has 0 spiro atoms. The Kier molecular flexibility index (Phi) is 5.35. The molecule has 4 aromatic rings. The van der Waals surface area contributed by atoms with Crippen molar-refractivity contribution in [2.75, 3.05) is 14.2 Å². The number of hydrogen-bond acceptors (Lipinski definition) is 4.